The standard InChI is InChI=1S/C13H16N2O4S/c1-15(7-11(16)19-2)13(18)9-5-6-10(20-9)14-12(17)8-3-4-8/h5-6,8H,3-4,7H2,1-2H3,(H,14,17). The van der Waals surface area contributed by atoms with Gasteiger partial charge < -0.3 is 15.0 Å². The molecule has 20 heavy (non-hydrogen) atoms. The van der Waals surface area contributed by atoms with Gasteiger partial charge in [-0.1, -0.05) is 0 Å². The molecule has 1 aromatic rings. The van der Waals surface area contributed by atoms with E-state index in [4.69, 9.17) is 0 Å². The number of carbonyl (C=O) groups is 3. The smallest absolute Gasteiger partial charge is 0.325 e. The highest BCUT2D eigenvalue weighted by Crippen LogP contribution is 2.31. The molecule has 0 atom stereocenters. The molecule has 7 heteroatoms. The molecule has 2 amide bonds. The highest BCUT2D eigenvalue weighted by molar-refractivity contribution is 7.18. The number of hydrogen-bond donors (Lipinski definition) is 1. The highest BCUT2D eigenvalue weighted by atomic mass is 32.1. The molecule has 0 unspecified atom stereocenters. The number of methoxy groups -OCH3 is 1. The third-order valence-corrected chi connectivity index (χ3v) is 3.94. The van der Waals surface area contributed by atoms with E-state index < -0.39 is 5.97 Å². The van der Waals surface area contributed by atoms with Gasteiger partial charge in [0.1, 0.15) is 6.54 Å². The Morgan fingerprint density at radius 2 is 2.10 bits per heavy atom. The highest BCUT2D eigenvalue weighted by Gasteiger charge is 2.30. The number of hydrogen-bond acceptors (Lipinski definition) is 5. The summed E-state index contributed by atoms with van der Waals surface area (Å²) in [7, 11) is 2.80. The minimum atomic E-state index is -0.473. The zero-order chi connectivity index (χ0) is 14.7. The molecule has 1 aliphatic carbocycles. The lowest BCUT2D eigenvalue weighted by atomic mass is 10.4. The second-order valence-corrected chi connectivity index (χ2v) is 5.75. The Labute approximate surface area is 120 Å². The van der Waals surface area contributed by atoms with Gasteiger partial charge in [-0.05, 0) is 25.0 Å². The maximum absolute atomic E-state index is 12.1. The van der Waals surface area contributed by atoms with Gasteiger partial charge in [-0.3, -0.25) is 14.4 Å². The van der Waals surface area contributed by atoms with Gasteiger partial charge in [-0.2, -0.15) is 0 Å². The minimum absolute atomic E-state index is 0.00812. The van der Waals surface area contributed by atoms with Crippen LogP contribution in [0, 0.1) is 5.92 Å². The van der Waals surface area contributed by atoms with Crippen molar-refractivity contribution >= 4 is 34.1 Å². The summed E-state index contributed by atoms with van der Waals surface area (Å²) in [5.74, 6) is -0.612. The van der Waals surface area contributed by atoms with Crippen molar-refractivity contribution in [2.24, 2.45) is 5.92 Å². The number of anilines is 1. The second-order valence-electron chi connectivity index (χ2n) is 4.66. The van der Waals surface area contributed by atoms with Gasteiger partial charge in [0.05, 0.1) is 17.0 Å². The van der Waals surface area contributed by atoms with E-state index in [-0.39, 0.29) is 24.3 Å². The zero-order valence-electron chi connectivity index (χ0n) is 11.3. The number of carbonyl (C=O) groups excluding carboxylic acids is 3. The average molecular weight is 296 g/mol. The lowest BCUT2D eigenvalue weighted by molar-refractivity contribution is -0.141. The molecular formula is C13H16N2O4S. The zero-order valence-corrected chi connectivity index (χ0v) is 12.2. The molecule has 0 radical (unpaired) electrons. The number of nitrogens with one attached hydrogen (secondary N) is 1. The predicted octanol–water partition coefficient (Wildman–Crippen LogP) is 1.34. The molecule has 0 aromatic carbocycles. The van der Waals surface area contributed by atoms with E-state index in [1.807, 2.05) is 0 Å². The van der Waals surface area contributed by atoms with Crippen LogP contribution < -0.4 is 5.32 Å². The maximum Gasteiger partial charge on any atom is 0.325 e. The van der Waals surface area contributed by atoms with Crippen molar-refractivity contribution in [3.8, 4) is 0 Å². The normalized spacial score (nSPS) is 13.7. The van der Waals surface area contributed by atoms with E-state index >= 15 is 0 Å². The molecular weight excluding hydrogens is 280 g/mol. The van der Waals surface area contributed by atoms with Crippen molar-refractivity contribution in [2.45, 2.75) is 12.8 Å². The number of ether oxygens (including phenoxy) is 1. The van der Waals surface area contributed by atoms with E-state index in [1.165, 1.54) is 30.4 Å². The van der Waals surface area contributed by atoms with Crippen molar-refractivity contribution in [3.05, 3.63) is 17.0 Å². The summed E-state index contributed by atoms with van der Waals surface area (Å²) in [6.07, 6.45) is 1.87. The number of nitrogens with zero attached hydrogens (tertiary/aromatic N) is 1. The van der Waals surface area contributed by atoms with E-state index in [0.29, 0.717) is 9.88 Å². The fraction of sp³-hybridized carbons (Fsp3) is 0.462. The molecule has 0 aliphatic heterocycles. The monoisotopic (exact) mass is 296 g/mol. The van der Waals surface area contributed by atoms with Crippen molar-refractivity contribution in [1.82, 2.24) is 4.90 Å². The molecule has 0 bridgehead atoms. The van der Waals surface area contributed by atoms with Crippen molar-refractivity contribution < 1.29 is 19.1 Å². The van der Waals surface area contributed by atoms with Gasteiger partial charge in [0, 0.05) is 13.0 Å². The van der Waals surface area contributed by atoms with Crippen LogP contribution in [0.4, 0.5) is 5.00 Å². The van der Waals surface area contributed by atoms with Crippen LogP contribution in [0.3, 0.4) is 0 Å². The first kappa shape index (κ1) is 14.5. The first-order valence-electron chi connectivity index (χ1n) is 6.24. The van der Waals surface area contributed by atoms with E-state index in [9.17, 15) is 14.4 Å². The Balaban J connectivity index is 1.94. The summed E-state index contributed by atoms with van der Waals surface area (Å²) < 4.78 is 4.51. The van der Waals surface area contributed by atoms with E-state index in [0.717, 1.165) is 12.8 Å². The van der Waals surface area contributed by atoms with Crippen molar-refractivity contribution in [2.75, 3.05) is 26.0 Å². The topological polar surface area (TPSA) is 75.7 Å². The quantitative estimate of drug-likeness (QED) is 0.832. The van der Waals surface area contributed by atoms with Gasteiger partial charge in [0.15, 0.2) is 0 Å². The fourth-order valence-electron chi connectivity index (χ4n) is 1.61. The summed E-state index contributed by atoms with van der Waals surface area (Å²) in [6.45, 7) is -0.100. The van der Waals surface area contributed by atoms with Gasteiger partial charge in [-0.25, -0.2) is 0 Å². The van der Waals surface area contributed by atoms with Gasteiger partial charge in [-0.15, -0.1) is 11.3 Å². The lowest BCUT2D eigenvalue weighted by Gasteiger charge is -2.14. The van der Waals surface area contributed by atoms with Crippen molar-refractivity contribution in [3.63, 3.8) is 0 Å². The first-order valence-corrected chi connectivity index (χ1v) is 7.06. The lowest BCUT2D eigenvalue weighted by Crippen LogP contribution is -2.32. The Kier molecular flexibility index (Phi) is 4.39. The van der Waals surface area contributed by atoms with Crippen LogP contribution in [0.25, 0.3) is 0 Å². The Morgan fingerprint density at radius 3 is 2.70 bits per heavy atom. The summed E-state index contributed by atoms with van der Waals surface area (Å²) in [6, 6.07) is 3.34. The van der Waals surface area contributed by atoms with Gasteiger partial charge in [0.25, 0.3) is 5.91 Å². The molecule has 2 rings (SSSR count). The maximum atomic E-state index is 12.1. The van der Waals surface area contributed by atoms with Crippen LogP contribution >= 0.6 is 11.3 Å². The SMILES string of the molecule is COC(=O)CN(C)C(=O)c1ccc(NC(=O)C2CC2)s1. The van der Waals surface area contributed by atoms with E-state index in [2.05, 4.69) is 10.1 Å². The molecule has 0 saturated heterocycles. The summed E-state index contributed by atoms with van der Waals surface area (Å²) in [5.41, 5.74) is 0. The number of likely N-dealkylation sites (N-methyl/N-ethyl adjacent to an activating group) is 1. The number of thiophene rings is 1. The van der Waals surface area contributed by atoms with Crippen LogP contribution in [0.15, 0.2) is 12.1 Å². The number of esters is 1. The van der Waals surface area contributed by atoms with Crippen LogP contribution in [-0.4, -0.2) is 43.4 Å². The molecule has 1 saturated carbocycles. The molecule has 1 aromatic heterocycles. The Bertz CT molecular complexity index is 536. The first-order chi connectivity index (χ1) is 9.51. The van der Waals surface area contributed by atoms with Gasteiger partial charge in [0.2, 0.25) is 5.91 Å². The van der Waals surface area contributed by atoms with Crippen LogP contribution in [0.5, 0.6) is 0 Å². The number of rotatable bonds is 5. The summed E-state index contributed by atoms with van der Waals surface area (Å²) >= 11 is 1.20. The molecule has 1 heterocycles. The molecule has 0 spiro atoms. The summed E-state index contributed by atoms with van der Waals surface area (Å²) in [4.78, 5) is 36.5. The van der Waals surface area contributed by atoms with Crippen LogP contribution in [0.1, 0.15) is 22.5 Å². The van der Waals surface area contributed by atoms with Gasteiger partial charge >= 0.3 is 5.97 Å². The molecule has 1 fully saturated rings. The average Bonchev–Trinajstić information content (AvgIpc) is 3.18. The Morgan fingerprint density at radius 1 is 1.40 bits per heavy atom. The van der Waals surface area contributed by atoms with E-state index in [1.54, 1.807) is 12.1 Å². The van der Waals surface area contributed by atoms with Crippen LogP contribution in [0.2, 0.25) is 0 Å². The minimum Gasteiger partial charge on any atom is -0.468 e. The fourth-order valence-corrected chi connectivity index (χ4v) is 2.51. The third-order valence-electron chi connectivity index (χ3n) is 2.95. The second kappa shape index (κ2) is 6.04. The Hall–Kier alpha value is -1.89. The number of amides is 2. The molecule has 1 N–H and O–H groups in total. The predicted molar refractivity (Wildman–Crippen MR) is 74.6 cm³/mol. The van der Waals surface area contributed by atoms with Crippen molar-refractivity contribution in [1.29, 1.82) is 0 Å². The molecule has 6 nitrogen and oxygen atoms in total. The summed E-state index contributed by atoms with van der Waals surface area (Å²) in [5, 5.41) is 3.44. The largest absolute Gasteiger partial charge is 0.468 e. The molecule has 1 aliphatic rings. The van der Waals surface area contributed by atoms with Crippen LogP contribution in [-0.2, 0) is 14.3 Å². The molecule has 108 valence electrons. The third kappa shape index (κ3) is 3.57.